The first kappa shape index (κ1) is 51.5. The van der Waals surface area contributed by atoms with Crippen LogP contribution in [0.4, 0.5) is 22.9 Å². The average Bonchev–Trinajstić information content (AvgIpc) is 3.26. The van der Waals surface area contributed by atoms with Crippen LogP contribution in [0.3, 0.4) is 0 Å². The second-order valence-electron chi connectivity index (χ2n) is 12.5. The zero-order chi connectivity index (χ0) is 44.2. The van der Waals surface area contributed by atoms with Crippen LogP contribution in [0, 0.1) is 34.0 Å². The molecule has 0 radical (unpaired) electrons. The molecule has 11 nitrogen and oxygen atoms in total. The fourth-order valence-electron chi connectivity index (χ4n) is 5.88. The standard InChI is InChI=1S/C24H25N5OS2.C11H15NO2.C7H8S2.C3H2N2.CH4/c1-4-29(5-2)14-6-11-17-19(12-14)30-24-20(21(26)18(13-25)23(27)28-24)22(17)32-16-9-7-15(31-3)8-10-16;1-3-12(4-2)10-6-5-9(8-13)11(14)7-10;1-9-7-4-2-6(8)3-5-7;4-2-1-3-5;/h6-12,22H,4-5H2,1-3H3,(H4,26,27,28);5-8,14H,3-4H2,1-2H3;2-5,8H,1H3;1H2;1H4. The number of aromatic hydroxyl groups is 1. The highest BCUT2D eigenvalue weighted by atomic mass is 32.2. The molecule has 2 heterocycles. The molecule has 4 aromatic carbocycles. The Bertz CT molecular complexity index is 2290. The van der Waals surface area contributed by atoms with Gasteiger partial charge in [-0.2, -0.15) is 20.8 Å². The van der Waals surface area contributed by atoms with Gasteiger partial charge in [0, 0.05) is 74.8 Å². The largest absolute Gasteiger partial charge is 0.507 e. The van der Waals surface area contributed by atoms with Crippen molar-refractivity contribution in [3.8, 4) is 35.6 Å². The van der Waals surface area contributed by atoms with E-state index in [9.17, 15) is 15.2 Å². The fourth-order valence-corrected chi connectivity index (χ4v) is 8.08. The predicted octanol–water partition coefficient (Wildman–Crippen LogP) is 11.5. The van der Waals surface area contributed by atoms with Crippen molar-refractivity contribution < 1.29 is 14.6 Å². The van der Waals surface area contributed by atoms with Gasteiger partial charge in [0.25, 0.3) is 0 Å². The zero-order valence-corrected chi connectivity index (χ0v) is 37.9. The summed E-state index contributed by atoms with van der Waals surface area (Å²) in [5.74, 6) is 1.22. The van der Waals surface area contributed by atoms with Gasteiger partial charge in [-0.25, -0.2) is 0 Å². The number of benzene rings is 4. The third-order valence-corrected chi connectivity index (χ3v) is 12.1. The number of carbonyl (C=O) groups is 1. The molecule has 1 aliphatic heterocycles. The maximum absolute atomic E-state index is 10.5. The minimum absolute atomic E-state index is 0. The molecule has 1 unspecified atom stereocenters. The van der Waals surface area contributed by atoms with Crippen molar-refractivity contribution in [3.05, 3.63) is 107 Å². The Morgan fingerprint density at radius 2 is 1.31 bits per heavy atom. The number of phenols is 1. The molecule has 0 fully saturated rings. The SMILES string of the molecule is C.CCN(CC)c1ccc(C=O)c(O)c1.CCN(CC)c1ccc2c(c1)Oc1nc(N)c(C#N)c(N)c1C2Sc1ccc(SC)cc1.CSc1ccc(S)cc1.N#CCC#N. The number of hydrogen-bond donors (Lipinski definition) is 4. The van der Waals surface area contributed by atoms with E-state index in [2.05, 4.69) is 108 Å². The van der Waals surface area contributed by atoms with E-state index < -0.39 is 0 Å². The Labute approximate surface area is 379 Å². The fraction of sp³-hybridized carbons (Fsp3) is 0.283. The molecule has 1 aliphatic rings. The van der Waals surface area contributed by atoms with Crippen LogP contribution >= 0.6 is 47.9 Å². The van der Waals surface area contributed by atoms with Gasteiger partial charge < -0.3 is 31.1 Å². The maximum Gasteiger partial charge on any atom is 0.228 e. The molecule has 0 spiro atoms. The lowest BCUT2D eigenvalue weighted by Gasteiger charge is -2.30. The van der Waals surface area contributed by atoms with Gasteiger partial charge >= 0.3 is 0 Å². The van der Waals surface area contributed by atoms with E-state index >= 15 is 0 Å². The minimum Gasteiger partial charge on any atom is -0.507 e. The number of nitrogens with two attached hydrogens (primary N) is 2. The second-order valence-corrected chi connectivity index (χ2v) is 16.0. The van der Waals surface area contributed by atoms with E-state index in [0.717, 1.165) is 58.7 Å². The summed E-state index contributed by atoms with van der Waals surface area (Å²) in [6.45, 7) is 11.9. The van der Waals surface area contributed by atoms with Gasteiger partial charge in [0.1, 0.15) is 35.4 Å². The first-order valence-electron chi connectivity index (χ1n) is 18.9. The summed E-state index contributed by atoms with van der Waals surface area (Å²) in [5, 5.41) is 34.1. The molecule has 61 heavy (non-hydrogen) atoms. The summed E-state index contributed by atoms with van der Waals surface area (Å²) in [5.41, 5.74) is 17.0. The smallest absolute Gasteiger partial charge is 0.228 e. The van der Waals surface area contributed by atoms with E-state index in [0.29, 0.717) is 29.0 Å². The molecule has 6 rings (SSSR count). The van der Waals surface area contributed by atoms with Crippen molar-refractivity contribution in [2.45, 2.75) is 66.4 Å². The number of fused-ring (bicyclic) bond motifs is 2. The Balaban J connectivity index is 0.000000362. The summed E-state index contributed by atoms with van der Waals surface area (Å²) in [6.07, 6.45) is 4.77. The van der Waals surface area contributed by atoms with Crippen LogP contribution in [0.1, 0.15) is 73.8 Å². The molecule has 0 bridgehead atoms. The lowest BCUT2D eigenvalue weighted by Crippen LogP contribution is -2.22. The van der Waals surface area contributed by atoms with E-state index in [1.807, 2.05) is 38.1 Å². The third-order valence-electron chi connectivity index (χ3n) is 9.07. The van der Waals surface area contributed by atoms with Gasteiger partial charge in [-0.05, 0) is 107 Å². The van der Waals surface area contributed by atoms with Crippen LogP contribution in [-0.4, -0.2) is 55.1 Å². The quantitative estimate of drug-likeness (QED) is 0.0556. The molecule has 15 heteroatoms. The number of aldehydes is 1. The number of thioether (sulfide) groups is 3. The third kappa shape index (κ3) is 14.2. The number of hydrogen-bond acceptors (Lipinski definition) is 15. The van der Waals surface area contributed by atoms with Crippen molar-refractivity contribution in [1.29, 1.82) is 15.8 Å². The number of thiol groups is 1. The zero-order valence-electron chi connectivity index (χ0n) is 34.5. The number of carbonyl (C=O) groups excluding carboxylic acids is 1. The number of aromatic nitrogens is 1. The number of ether oxygens (including phenoxy) is 1. The molecule has 0 saturated carbocycles. The van der Waals surface area contributed by atoms with E-state index in [1.165, 1.54) is 9.79 Å². The molecular formula is C46H54N8O3S4. The molecular weight excluding hydrogens is 841 g/mol. The van der Waals surface area contributed by atoms with Crippen LogP contribution in [-0.2, 0) is 0 Å². The number of nitrogens with zero attached hydrogens (tertiary/aromatic N) is 6. The molecule has 0 saturated heterocycles. The molecule has 0 aliphatic carbocycles. The summed E-state index contributed by atoms with van der Waals surface area (Å²) >= 11 is 9.27. The van der Waals surface area contributed by atoms with Crippen molar-refractivity contribution in [3.63, 3.8) is 0 Å². The first-order valence-corrected chi connectivity index (χ1v) is 22.7. The van der Waals surface area contributed by atoms with E-state index in [-0.39, 0.29) is 36.2 Å². The van der Waals surface area contributed by atoms with Gasteiger partial charge in [0.15, 0.2) is 6.29 Å². The normalized spacial score (nSPS) is 11.4. The summed E-state index contributed by atoms with van der Waals surface area (Å²) in [4.78, 5) is 23.8. The molecule has 1 aromatic heterocycles. The Kier molecular flexibility index (Phi) is 22.4. The maximum atomic E-state index is 10.5. The predicted molar refractivity (Wildman–Crippen MR) is 259 cm³/mol. The average molecular weight is 895 g/mol. The highest BCUT2D eigenvalue weighted by Crippen LogP contribution is 2.54. The van der Waals surface area contributed by atoms with Gasteiger partial charge in [-0.1, -0.05) is 13.5 Å². The highest BCUT2D eigenvalue weighted by Gasteiger charge is 2.34. The number of nitriles is 3. The van der Waals surface area contributed by atoms with Crippen LogP contribution in [0.15, 0.2) is 105 Å². The second kappa shape index (κ2) is 26.6. The Morgan fingerprint density at radius 3 is 1.77 bits per heavy atom. The van der Waals surface area contributed by atoms with Gasteiger partial charge in [-0.3, -0.25) is 4.79 Å². The van der Waals surface area contributed by atoms with Crippen LogP contribution in [0.25, 0.3) is 0 Å². The van der Waals surface area contributed by atoms with Crippen LogP contribution < -0.4 is 26.0 Å². The number of nitrogen functional groups attached to an aromatic ring is 2. The topological polar surface area (TPSA) is 189 Å². The summed E-state index contributed by atoms with van der Waals surface area (Å²) in [6, 6.07) is 33.3. The molecule has 5 N–H and O–H groups in total. The number of anilines is 4. The molecule has 320 valence electrons. The van der Waals surface area contributed by atoms with Crippen molar-refractivity contribution in [2.75, 3.05) is 60.0 Å². The van der Waals surface area contributed by atoms with Crippen LogP contribution in [0.2, 0.25) is 0 Å². The van der Waals surface area contributed by atoms with Crippen molar-refractivity contribution in [2.24, 2.45) is 0 Å². The minimum atomic E-state index is -0.181. The Hall–Kier alpha value is -5.63. The number of phenolic OH excluding ortho intramolecular Hbond substituents is 1. The summed E-state index contributed by atoms with van der Waals surface area (Å²) in [7, 11) is 0. The van der Waals surface area contributed by atoms with Gasteiger partial charge in [0.2, 0.25) is 5.88 Å². The van der Waals surface area contributed by atoms with E-state index in [1.54, 1.807) is 59.6 Å². The first-order chi connectivity index (χ1) is 29.0. The summed E-state index contributed by atoms with van der Waals surface area (Å²) < 4.78 is 6.20. The molecule has 5 aromatic rings. The lowest BCUT2D eigenvalue weighted by molar-refractivity contribution is 0.112. The van der Waals surface area contributed by atoms with Crippen LogP contribution in [0.5, 0.6) is 17.4 Å². The van der Waals surface area contributed by atoms with E-state index in [4.69, 9.17) is 26.7 Å². The highest BCUT2D eigenvalue weighted by molar-refractivity contribution is 8.00. The van der Waals surface area contributed by atoms with Crippen molar-refractivity contribution >= 4 is 77.1 Å². The number of pyridine rings is 1. The Morgan fingerprint density at radius 1 is 0.803 bits per heavy atom. The number of rotatable bonds is 11. The van der Waals surface area contributed by atoms with Gasteiger partial charge in [-0.15, -0.1) is 47.9 Å². The lowest BCUT2D eigenvalue weighted by atomic mass is 9.98. The van der Waals surface area contributed by atoms with Crippen molar-refractivity contribution in [1.82, 2.24) is 4.98 Å². The molecule has 1 atom stereocenters. The van der Waals surface area contributed by atoms with Gasteiger partial charge in [0.05, 0.1) is 34.2 Å². The monoisotopic (exact) mass is 894 g/mol. The molecule has 0 amide bonds.